The predicted molar refractivity (Wildman–Crippen MR) is 84.1 cm³/mol. The Bertz CT molecular complexity index is 584. The zero-order valence-corrected chi connectivity index (χ0v) is 12.3. The van der Waals surface area contributed by atoms with Crippen LogP contribution in [0.15, 0.2) is 48.7 Å². The van der Waals surface area contributed by atoms with E-state index in [0.717, 1.165) is 24.1 Å². The van der Waals surface area contributed by atoms with Gasteiger partial charge < -0.3 is 10.6 Å². The lowest BCUT2D eigenvalue weighted by molar-refractivity contribution is 0.0796. The second kappa shape index (κ2) is 7.55. The summed E-state index contributed by atoms with van der Waals surface area (Å²) >= 11 is 0. The van der Waals surface area contributed by atoms with Crippen LogP contribution in [0.4, 0.5) is 0 Å². The highest BCUT2D eigenvalue weighted by atomic mass is 16.2. The van der Waals surface area contributed by atoms with Crippen LogP contribution in [0.2, 0.25) is 0 Å². The first kappa shape index (κ1) is 15.2. The SMILES string of the molecule is CN(CCc1ccccn1)C(=O)c1cccc(CCN)c1. The monoisotopic (exact) mass is 283 g/mol. The topological polar surface area (TPSA) is 59.2 Å². The molecule has 1 heterocycles. The van der Waals surface area contributed by atoms with Crippen molar-refractivity contribution >= 4 is 5.91 Å². The van der Waals surface area contributed by atoms with Crippen molar-refractivity contribution in [1.82, 2.24) is 9.88 Å². The van der Waals surface area contributed by atoms with Crippen molar-refractivity contribution in [3.63, 3.8) is 0 Å². The summed E-state index contributed by atoms with van der Waals surface area (Å²) in [6.45, 7) is 1.24. The number of rotatable bonds is 6. The molecule has 0 bridgehead atoms. The smallest absolute Gasteiger partial charge is 0.253 e. The van der Waals surface area contributed by atoms with Gasteiger partial charge in [-0.15, -0.1) is 0 Å². The Balaban J connectivity index is 1.97. The minimum atomic E-state index is 0.0322. The first-order valence-corrected chi connectivity index (χ1v) is 7.15. The van der Waals surface area contributed by atoms with E-state index in [1.54, 1.807) is 11.1 Å². The third kappa shape index (κ3) is 4.39. The summed E-state index contributed by atoms with van der Waals surface area (Å²) in [5, 5.41) is 0. The standard InChI is InChI=1S/C17H21N3O/c1-20(12-9-16-7-2-3-11-19-16)17(21)15-6-4-5-14(13-15)8-10-18/h2-7,11,13H,8-10,12,18H2,1H3. The number of nitrogens with zero attached hydrogens (tertiary/aromatic N) is 2. The maximum absolute atomic E-state index is 12.4. The highest BCUT2D eigenvalue weighted by Gasteiger charge is 2.12. The number of hydrogen-bond acceptors (Lipinski definition) is 3. The van der Waals surface area contributed by atoms with E-state index >= 15 is 0 Å². The predicted octanol–water partition coefficient (Wildman–Crippen LogP) is 1.90. The minimum Gasteiger partial charge on any atom is -0.341 e. The molecule has 0 saturated heterocycles. The van der Waals surface area contributed by atoms with Crippen LogP contribution in [0.1, 0.15) is 21.6 Å². The Morgan fingerprint density at radius 2 is 2.05 bits per heavy atom. The highest BCUT2D eigenvalue weighted by molar-refractivity contribution is 5.94. The quantitative estimate of drug-likeness (QED) is 0.881. The molecule has 4 heteroatoms. The van der Waals surface area contributed by atoms with Crippen LogP contribution >= 0.6 is 0 Å². The molecule has 0 saturated carbocycles. The fourth-order valence-electron chi connectivity index (χ4n) is 2.18. The third-order valence-corrected chi connectivity index (χ3v) is 3.38. The van der Waals surface area contributed by atoms with Crippen molar-refractivity contribution in [3.8, 4) is 0 Å². The van der Waals surface area contributed by atoms with E-state index in [9.17, 15) is 4.79 Å². The summed E-state index contributed by atoms with van der Waals surface area (Å²) < 4.78 is 0. The molecule has 1 amide bonds. The molecular formula is C17H21N3O. The number of benzene rings is 1. The van der Waals surface area contributed by atoms with Crippen LogP contribution in [0.3, 0.4) is 0 Å². The number of likely N-dealkylation sites (N-methyl/N-ethyl adjacent to an activating group) is 1. The summed E-state index contributed by atoms with van der Waals surface area (Å²) in [7, 11) is 1.82. The summed E-state index contributed by atoms with van der Waals surface area (Å²) in [5.41, 5.74) is 8.36. The van der Waals surface area contributed by atoms with E-state index in [-0.39, 0.29) is 5.91 Å². The fourth-order valence-corrected chi connectivity index (χ4v) is 2.18. The number of pyridine rings is 1. The minimum absolute atomic E-state index is 0.0322. The molecule has 2 N–H and O–H groups in total. The lowest BCUT2D eigenvalue weighted by Crippen LogP contribution is -2.29. The molecule has 0 aliphatic carbocycles. The van der Waals surface area contributed by atoms with Gasteiger partial charge in [0.15, 0.2) is 0 Å². The summed E-state index contributed by atoms with van der Waals surface area (Å²) in [5.74, 6) is 0.0322. The lowest BCUT2D eigenvalue weighted by atomic mass is 10.1. The molecule has 2 aromatic rings. The van der Waals surface area contributed by atoms with Crippen molar-refractivity contribution in [1.29, 1.82) is 0 Å². The van der Waals surface area contributed by atoms with Gasteiger partial charge in [0.05, 0.1) is 0 Å². The zero-order chi connectivity index (χ0) is 15.1. The van der Waals surface area contributed by atoms with E-state index in [2.05, 4.69) is 4.98 Å². The van der Waals surface area contributed by atoms with E-state index in [1.807, 2.05) is 49.5 Å². The van der Waals surface area contributed by atoms with Crippen LogP contribution in [-0.4, -0.2) is 35.9 Å². The molecular weight excluding hydrogens is 262 g/mol. The van der Waals surface area contributed by atoms with Crippen molar-refractivity contribution in [2.24, 2.45) is 5.73 Å². The van der Waals surface area contributed by atoms with Crippen molar-refractivity contribution in [2.75, 3.05) is 20.1 Å². The molecule has 1 aromatic heterocycles. The molecule has 1 aromatic carbocycles. The first-order valence-electron chi connectivity index (χ1n) is 7.15. The van der Waals surface area contributed by atoms with Gasteiger partial charge >= 0.3 is 0 Å². The van der Waals surface area contributed by atoms with Gasteiger partial charge in [0.2, 0.25) is 0 Å². The zero-order valence-electron chi connectivity index (χ0n) is 12.3. The number of nitrogens with two attached hydrogens (primary N) is 1. The van der Waals surface area contributed by atoms with Gasteiger partial charge in [-0.25, -0.2) is 0 Å². The molecule has 110 valence electrons. The van der Waals surface area contributed by atoms with Gasteiger partial charge in [-0.1, -0.05) is 18.2 Å². The van der Waals surface area contributed by atoms with Crippen LogP contribution in [0.25, 0.3) is 0 Å². The second-order valence-corrected chi connectivity index (χ2v) is 5.04. The van der Waals surface area contributed by atoms with E-state index in [0.29, 0.717) is 18.7 Å². The average Bonchev–Trinajstić information content (AvgIpc) is 2.53. The maximum atomic E-state index is 12.4. The summed E-state index contributed by atoms with van der Waals surface area (Å²) in [4.78, 5) is 18.4. The molecule has 2 rings (SSSR count). The van der Waals surface area contributed by atoms with Gasteiger partial charge in [-0.05, 0) is 42.8 Å². The average molecular weight is 283 g/mol. The molecule has 0 unspecified atom stereocenters. The van der Waals surface area contributed by atoms with Crippen LogP contribution in [-0.2, 0) is 12.8 Å². The van der Waals surface area contributed by atoms with Crippen LogP contribution < -0.4 is 5.73 Å². The molecule has 0 radical (unpaired) electrons. The second-order valence-electron chi connectivity index (χ2n) is 5.04. The Morgan fingerprint density at radius 1 is 1.19 bits per heavy atom. The van der Waals surface area contributed by atoms with E-state index < -0.39 is 0 Å². The number of aromatic nitrogens is 1. The normalized spacial score (nSPS) is 10.4. The molecule has 4 nitrogen and oxygen atoms in total. The van der Waals surface area contributed by atoms with Gasteiger partial charge in [-0.3, -0.25) is 9.78 Å². The van der Waals surface area contributed by atoms with Gasteiger partial charge in [-0.2, -0.15) is 0 Å². The highest BCUT2D eigenvalue weighted by Crippen LogP contribution is 2.09. The summed E-state index contributed by atoms with van der Waals surface area (Å²) in [6.07, 6.45) is 3.32. The van der Waals surface area contributed by atoms with Gasteiger partial charge in [0.25, 0.3) is 5.91 Å². The number of carbonyl (C=O) groups is 1. The molecule has 0 aliphatic heterocycles. The maximum Gasteiger partial charge on any atom is 0.253 e. The van der Waals surface area contributed by atoms with Crippen LogP contribution in [0, 0.1) is 0 Å². The largest absolute Gasteiger partial charge is 0.341 e. The number of hydrogen-bond donors (Lipinski definition) is 1. The molecule has 0 fully saturated rings. The molecule has 0 spiro atoms. The Labute approximate surface area is 125 Å². The van der Waals surface area contributed by atoms with Crippen LogP contribution in [0.5, 0.6) is 0 Å². The molecule has 21 heavy (non-hydrogen) atoms. The fraction of sp³-hybridized carbons (Fsp3) is 0.294. The first-order chi connectivity index (χ1) is 10.2. The van der Waals surface area contributed by atoms with Crippen molar-refractivity contribution < 1.29 is 4.79 Å². The summed E-state index contributed by atoms with van der Waals surface area (Å²) in [6, 6.07) is 13.5. The molecule has 0 atom stereocenters. The Morgan fingerprint density at radius 3 is 2.76 bits per heavy atom. The Hall–Kier alpha value is -2.20. The van der Waals surface area contributed by atoms with E-state index in [1.165, 1.54) is 0 Å². The van der Waals surface area contributed by atoms with Gasteiger partial charge in [0, 0.05) is 37.5 Å². The number of amides is 1. The lowest BCUT2D eigenvalue weighted by Gasteiger charge is -2.17. The number of carbonyl (C=O) groups excluding carboxylic acids is 1. The van der Waals surface area contributed by atoms with Crippen molar-refractivity contribution in [3.05, 3.63) is 65.5 Å². The third-order valence-electron chi connectivity index (χ3n) is 3.38. The van der Waals surface area contributed by atoms with Gasteiger partial charge in [0.1, 0.15) is 0 Å². The van der Waals surface area contributed by atoms with Crippen molar-refractivity contribution in [2.45, 2.75) is 12.8 Å². The van der Waals surface area contributed by atoms with E-state index in [4.69, 9.17) is 5.73 Å². The Kier molecular flexibility index (Phi) is 5.46. The molecule has 0 aliphatic rings.